The van der Waals surface area contributed by atoms with E-state index < -0.39 is 4.92 Å². The SMILES string of the molecule is COc1cccc(CN2CCN(C(=O)/C=C/c3ccc([N+](=O)[O-])o3)CC2)c1. The third-order valence-electron chi connectivity index (χ3n) is 4.41. The molecule has 0 N–H and O–H groups in total. The Hall–Kier alpha value is -3.13. The summed E-state index contributed by atoms with van der Waals surface area (Å²) in [5, 5.41) is 10.6. The number of hydrogen-bond acceptors (Lipinski definition) is 6. The second-order valence-electron chi connectivity index (χ2n) is 6.22. The van der Waals surface area contributed by atoms with Gasteiger partial charge in [-0.15, -0.1) is 0 Å². The van der Waals surface area contributed by atoms with E-state index in [-0.39, 0.29) is 17.6 Å². The zero-order chi connectivity index (χ0) is 19.2. The van der Waals surface area contributed by atoms with Gasteiger partial charge in [-0.3, -0.25) is 19.8 Å². The molecule has 0 saturated carbocycles. The van der Waals surface area contributed by atoms with Gasteiger partial charge in [-0.1, -0.05) is 12.1 Å². The lowest BCUT2D eigenvalue weighted by atomic mass is 10.2. The van der Waals surface area contributed by atoms with Gasteiger partial charge in [-0.25, -0.2) is 0 Å². The van der Waals surface area contributed by atoms with E-state index in [9.17, 15) is 14.9 Å². The van der Waals surface area contributed by atoms with E-state index in [2.05, 4.69) is 11.0 Å². The molecule has 142 valence electrons. The third kappa shape index (κ3) is 4.95. The maximum absolute atomic E-state index is 12.3. The number of amides is 1. The van der Waals surface area contributed by atoms with E-state index in [1.165, 1.54) is 29.8 Å². The molecule has 8 nitrogen and oxygen atoms in total. The van der Waals surface area contributed by atoms with Gasteiger partial charge in [0.15, 0.2) is 0 Å². The van der Waals surface area contributed by atoms with Crippen LogP contribution in [0.3, 0.4) is 0 Å². The molecule has 1 aromatic heterocycles. The van der Waals surface area contributed by atoms with Crippen molar-refractivity contribution < 1.29 is 18.9 Å². The third-order valence-corrected chi connectivity index (χ3v) is 4.41. The number of piperazine rings is 1. The quantitative estimate of drug-likeness (QED) is 0.440. The molecule has 1 aliphatic heterocycles. The van der Waals surface area contributed by atoms with Crippen molar-refractivity contribution >= 4 is 17.9 Å². The van der Waals surface area contributed by atoms with Crippen molar-refractivity contribution in [3.63, 3.8) is 0 Å². The lowest BCUT2D eigenvalue weighted by molar-refractivity contribution is -0.402. The number of rotatable bonds is 6. The van der Waals surface area contributed by atoms with Crippen molar-refractivity contribution in [2.45, 2.75) is 6.54 Å². The summed E-state index contributed by atoms with van der Waals surface area (Å²) in [4.78, 5) is 26.3. The van der Waals surface area contributed by atoms with Gasteiger partial charge in [0.1, 0.15) is 16.4 Å². The van der Waals surface area contributed by atoms with Crippen molar-refractivity contribution in [1.82, 2.24) is 9.80 Å². The van der Waals surface area contributed by atoms with Crippen LogP contribution in [0.25, 0.3) is 6.08 Å². The molecule has 0 bridgehead atoms. The van der Waals surface area contributed by atoms with Crippen LogP contribution in [0, 0.1) is 10.1 Å². The number of benzene rings is 1. The summed E-state index contributed by atoms with van der Waals surface area (Å²) in [6, 6.07) is 10.7. The number of furan rings is 1. The molecule has 1 aliphatic rings. The highest BCUT2D eigenvalue weighted by molar-refractivity contribution is 5.91. The second kappa shape index (κ2) is 8.50. The van der Waals surface area contributed by atoms with Crippen LogP contribution >= 0.6 is 0 Å². The molecule has 0 aliphatic carbocycles. The maximum atomic E-state index is 12.3. The Morgan fingerprint density at radius 3 is 2.70 bits per heavy atom. The van der Waals surface area contributed by atoms with E-state index >= 15 is 0 Å². The van der Waals surface area contributed by atoms with Gasteiger partial charge in [0.2, 0.25) is 5.91 Å². The highest BCUT2D eigenvalue weighted by Gasteiger charge is 2.20. The highest BCUT2D eigenvalue weighted by atomic mass is 16.6. The average molecular weight is 371 g/mol. The van der Waals surface area contributed by atoms with E-state index in [4.69, 9.17) is 9.15 Å². The number of carbonyl (C=O) groups excluding carboxylic acids is 1. The van der Waals surface area contributed by atoms with Crippen LogP contribution in [0.5, 0.6) is 5.75 Å². The van der Waals surface area contributed by atoms with Crippen LogP contribution in [0.4, 0.5) is 5.88 Å². The zero-order valence-corrected chi connectivity index (χ0v) is 15.0. The topological polar surface area (TPSA) is 89.1 Å². The normalized spacial score (nSPS) is 15.2. The van der Waals surface area contributed by atoms with Gasteiger partial charge in [0.05, 0.1) is 13.2 Å². The Kier molecular flexibility index (Phi) is 5.87. The number of nitro groups is 1. The van der Waals surface area contributed by atoms with Gasteiger partial charge in [-0.05, 0) is 29.8 Å². The van der Waals surface area contributed by atoms with Crippen LogP contribution in [0.15, 0.2) is 46.9 Å². The van der Waals surface area contributed by atoms with Crippen LogP contribution in [0.1, 0.15) is 11.3 Å². The van der Waals surface area contributed by atoms with Crippen LogP contribution in [-0.2, 0) is 11.3 Å². The van der Waals surface area contributed by atoms with Crippen molar-refractivity contribution in [2.75, 3.05) is 33.3 Å². The molecule has 27 heavy (non-hydrogen) atoms. The van der Waals surface area contributed by atoms with E-state index in [1.807, 2.05) is 18.2 Å². The number of carbonyl (C=O) groups is 1. The molecule has 1 saturated heterocycles. The van der Waals surface area contributed by atoms with E-state index in [0.717, 1.165) is 25.4 Å². The smallest absolute Gasteiger partial charge is 0.433 e. The summed E-state index contributed by atoms with van der Waals surface area (Å²) < 4.78 is 10.3. The predicted octanol–water partition coefficient (Wildman–Crippen LogP) is 2.55. The summed E-state index contributed by atoms with van der Waals surface area (Å²) in [7, 11) is 1.65. The Labute approximate surface area is 156 Å². The highest BCUT2D eigenvalue weighted by Crippen LogP contribution is 2.17. The fourth-order valence-corrected chi connectivity index (χ4v) is 2.94. The molecule has 8 heteroatoms. The second-order valence-corrected chi connectivity index (χ2v) is 6.22. The van der Waals surface area contributed by atoms with Gasteiger partial charge in [-0.2, -0.15) is 0 Å². The summed E-state index contributed by atoms with van der Waals surface area (Å²) >= 11 is 0. The van der Waals surface area contributed by atoms with Gasteiger partial charge >= 0.3 is 5.88 Å². The Bertz CT molecular complexity index is 837. The standard InChI is InChI=1S/C19H21N3O5/c1-26-17-4-2-3-15(13-17)14-20-9-11-21(12-10-20)18(23)7-5-16-6-8-19(27-16)22(24)25/h2-8,13H,9-12,14H2,1H3/b7-5+. The van der Waals surface area contributed by atoms with E-state index in [1.54, 1.807) is 12.0 Å². The van der Waals surface area contributed by atoms with Gasteiger partial charge < -0.3 is 14.1 Å². The number of nitrogens with zero attached hydrogens (tertiary/aromatic N) is 3. The first kappa shape index (κ1) is 18.7. The molecule has 3 rings (SSSR count). The van der Waals surface area contributed by atoms with Gasteiger partial charge in [0.25, 0.3) is 0 Å². The molecular weight excluding hydrogens is 350 g/mol. The molecule has 0 spiro atoms. The van der Waals surface area contributed by atoms with E-state index in [0.29, 0.717) is 13.1 Å². The summed E-state index contributed by atoms with van der Waals surface area (Å²) in [5.41, 5.74) is 1.17. The first-order valence-electron chi connectivity index (χ1n) is 8.61. The van der Waals surface area contributed by atoms with Crippen LogP contribution < -0.4 is 4.74 Å². The molecular formula is C19H21N3O5. The minimum absolute atomic E-state index is 0.130. The first-order chi connectivity index (χ1) is 13.0. The molecule has 0 atom stereocenters. The Balaban J connectivity index is 1.49. The fourth-order valence-electron chi connectivity index (χ4n) is 2.94. The predicted molar refractivity (Wildman–Crippen MR) is 99.2 cm³/mol. The maximum Gasteiger partial charge on any atom is 0.433 e. The number of hydrogen-bond donors (Lipinski definition) is 0. The molecule has 0 unspecified atom stereocenters. The summed E-state index contributed by atoms with van der Waals surface area (Å²) in [6.07, 6.45) is 2.85. The lowest BCUT2D eigenvalue weighted by Gasteiger charge is -2.34. The molecule has 2 aromatic rings. The summed E-state index contributed by atoms with van der Waals surface area (Å²) in [5.74, 6) is 0.652. The summed E-state index contributed by atoms with van der Waals surface area (Å²) in [6.45, 7) is 3.63. The fraction of sp³-hybridized carbons (Fsp3) is 0.316. The minimum Gasteiger partial charge on any atom is -0.497 e. The minimum atomic E-state index is -0.610. The van der Waals surface area contributed by atoms with Crippen LogP contribution in [0.2, 0.25) is 0 Å². The molecule has 1 aromatic carbocycles. The van der Waals surface area contributed by atoms with Gasteiger partial charge in [0, 0.05) is 38.8 Å². The van der Waals surface area contributed by atoms with Crippen molar-refractivity contribution in [1.29, 1.82) is 0 Å². The van der Waals surface area contributed by atoms with Crippen LogP contribution in [-0.4, -0.2) is 53.9 Å². The van der Waals surface area contributed by atoms with Crippen molar-refractivity contribution in [3.8, 4) is 5.75 Å². The van der Waals surface area contributed by atoms with Crippen molar-refractivity contribution in [2.24, 2.45) is 0 Å². The zero-order valence-electron chi connectivity index (χ0n) is 15.0. The number of methoxy groups -OCH3 is 1. The Morgan fingerprint density at radius 2 is 2.04 bits per heavy atom. The lowest BCUT2D eigenvalue weighted by Crippen LogP contribution is -2.47. The molecule has 1 amide bonds. The largest absolute Gasteiger partial charge is 0.497 e. The molecule has 2 heterocycles. The Morgan fingerprint density at radius 1 is 1.26 bits per heavy atom. The first-order valence-corrected chi connectivity index (χ1v) is 8.61. The monoisotopic (exact) mass is 371 g/mol. The average Bonchev–Trinajstić information content (AvgIpc) is 3.16. The number of ether oxygens (including phenoxy) is 1. The molecule has 0 radical (unpaired) electrons. The molecule has 1 fully saturated rings. The van der Waals surface area contributed by atoms with Crippen molar-refractivity contribution in [3.05, 3.63) is 63.9 Å².